The minimum atomic E-state index is -0.881. The summed E-state index contributed by atoms with van der Waals surface area (Å²) in [4.78, 5) is 36.5. The van der Waals surface area contributed by atoms with Crippen LogP contribution < -0.4 is 15.5 Å². The summed E-state index contributed by atoms with van der Waals surface area (Å²) in [5.41, 5.74) is 3.43. The molecule has 2 N–H and O–H groups in total. The molecule has 9 nitrogen and oxygen atoms in total. The molecule has 0 fully saturated rings. The van der Waals surface area contributed by atoms with Gasteiger partial charge in [0.1, 0.15) is 11.5 Å². The Labute approximate surface area is 162 Å². The number of hydrogen-bond acceptors (Lipinski definition) is 6. The zero-order valence-corrected chi connectivity index (χ0v) is 15.9. The van der Waals surface area contributed by atoms with E-state index in [1.807, 2.05) is 0 Å². The van der Waals surface area contributed by atoms with Gasteiger partial charge in [-0.25, -0.2) is 5.43 Å². The molecule has 0 aliphatic carbocycles. The average Bonchev–Trinajstić information content (AvgIpc) is 3.22. The number of carbonyl (C=O) groups excluding carboxylic acids is 3. The fourth-order valence-electron chi connectivity index (χ4n) is 1.98. The standard InChI is InChI=1S/C19H22N4O5/c1-13(14-6-8-15(9-7-14)28-12-17(24)23(2)3)21-22-19(26)18(25)20-11-16-5-4-10-27-16/h4-10H,11-12H2,1-3H3,(H,20,25)(H,22,26)/b21-13-. The van der Waals surface area contributed by atoms with Crippen LogP contribution in [0, 0.1) is 0 Å². The van der Waals surface area contributed by atoms with Crippen LogP contribution in [0.25, 0.3) is 0 Å². The van der Waals surface area contributed by atoms with Crippen LogP contribution in [0.3, 0.4) is 0 Å². The molecule has 1 aromatic heterocycles. The van der Waals surface area contributed by atoms with Crippen LogP contribution in [0.15, 0.2) is 52.2 Å². The van der Waals surface area contributed by atoms with Crippen LogP contribution in [0.1, 0.15) is 18.2 Å². The number of amides is 3. The molecule has 0 saturated heterocycles. The number of likely N-dealkylation sites (N-methyl/N-ethyl adjacent to an activating group) is 1. The highest BCUT2D eigenvalue weighted by Gasteiger charge is 2.13. The largest absolute Gasteiger partial charge is 0.484 e. The maximum absolute atomic E-state index is 11.8. The summed E-state index contributed by atoms with van der Waals surface area (Å²) in [6.07, 6.45) is 1.48. The Kier molecular flexibility index (Phi) is 7.32. The normalized spacial score (nSPS) is 10.9. The third-order valence-corrected chi connectivity index (χ3v) is 3.67. The van der Waals surface area contributed by atoms with E-state index in [4.69, 9.17) is 9.15 Å². The van der Waals surface area contributed by atoms with Crippen LogP contribution in [-0.4, -0.2) is 49.0 Å². The van der Waals surface area contributed by atoms with Crippen LogP contribution in [0.5, 0.6) is 5.75 Å². The summed E-state index contributed by atoms with van der Waals surface area (Å²) in [5, 5.41) is 6.34. The van der Waals surface area contributed by atoms with Crippen molar-refractivity contribution in [2.24, 2.45) is 5.10 Å². The Morgan fingerprint density at radius 1 is 1.11 bits per heavy atom. The summed E-state index contributed by atoms with van der Waals surface area (Å²) in [7, 11) is 3.31. The number of nitrogens with one attached hydrogen (secondary N) is 2. The summed E-state index contributed by atoms with van der Waals surface area (Å²) < 4.78 is 10.5. The molecule has 3 amide bonds. The number of carbonyl (C=O) groups is 3. The molecule has 148 valence electrons. The summed E-state index contributed by atoms with van der Waals surface area (Å²) in [6, 6.07) is 10.2. The Morgan fingerprint density at radius 2 is 1.82 bits per heavy atom. The van der Waals surface area contributed by atoms with Gasteiger partial charge in [-0.05, 0) is 48.9 Å². The quantitative estimate of drug-likeness (QED) is 0.417. The van der Waals surface area contributed by atoms with Crippen molar-refractivity contribution in [1.82, 2.24) is 15.6 Å². The molecular weight excluding hydrogens is 364 g/mol. The highest BCUT2D eigenvalue weighted by Crippen LogP contribution is 2.13. The van der Waals surface area contributed by atoms with Crippen molar-refractivity contribution in [2.75, 3.05) is 20.7 Å². The van der Waals surface area contributed by atoms with Gasteiger partial charge >= 0.3 is 11.8 Å². The van der Waals surface area contributed by atoms with Gasteiger partial charge in [0.25, 0.3) is 5.91 Å². The van der Waals surface area contributed by atoms with Crippen LogP contribution in [-0.2, 0) is 20.9 Å². The van der Waals surface area contributed by atoms with Gasteiger partial charge in [-0.1, -0.05) is 0 Å². The van der Waals surface area contributed by atoms with Crippen molar-refractivity contribution in [3.05, 3.63) is 54.0 Å². The molecule has 2 rings (SSSR count). The number of furan rings is 1. The lowest BCUT2D eigenvalue weighted by Crippen LogP contribution is -2.37. The monoisotopic (exact) mass is 386 g/mol. The van der Waals surface area contributed by atoms with Gasteiger partial charge in [-0.15, -0.1) is 0 Å². The molecule has 1 aromatic carbocycles. The van der Waals surface area contributed by atoms with Crippen LogP contribution >= 0.6 is 0 Å². The van der Waals surface area contributed by atoms with E-state index in [-0.39, 0.29) is 19.1 Å². The lowest BCUT2D eigenvalue weighted by molar-refractivity contribution is -0.139. The first-order chi connectivity index (χ1) is 13.4. The highest BCUT2D eigenvalue weighted by molar-refractivity contribution is 6.35. The van der Waals surface area contributed by atoms with Gasteiger partial charge in [-0.2, -0.15) is 5.10 Å². The van der Waals surface area contributed by atoms with Crippen LogP contribution in [0.2, 0.25) is 0 Å². The van der Waals surface area contributed by atoms with E-state index in [1.165, 1.54) is 11.2 Å². The fourth-order valence-corrected chi connectivity index (χ4v) is 1.98. The van der Waals surface area contributed by atoms with Crippen molar-refractivity contribution >= 4 is 23.4 Å². The molecule has 2 aromatic rings. The van der Waals surface area contributed by atoms with Gasteiger partial charge in [0.15, 0.2) is 6.61 Å². The molecule has 0 atom stereocenters. The first-order valence-electron chi connectivity index (χ1n) is 8.45. The second-order valence-corrected chi connectivity index (χ2v) is 6.00. The predicted octanol–water partition coefficient (Wildman–Crippen LogP) is 0.903. The Morgan fingerprint density at radius 3 is 2.43 bits per heavy atom. The van der Waals surface area contributed by atoms with E-state index in [0.717, 1.165) is 5.56 Å². The maximum atomic E-state index is 11.8. The molecule has 1 heterocycles. The van der Waals surface area contributed by atoms with Crippen molar-refractivity contribution in [2.45, 2.75) is 13.5 Å². The van der Waals surface area contributed by atoms with Crippen LogP contribution in [0.4, 0.5) is 0 Å². The van der Waals surface area contributed by atoms with Gasteiger partial charge in [0.2, 0.25) is 0 Å². The molecule has 0 saturated carbocycles. The predicted molar refractivity (Wildman–Crippen MR) is 102 cm³/mol. The minimum Gasteiger partial charge on any atom is -0.484 e. The first-order valence-corrected chi connectivity index (χ1v) is 8.45. The zero-order chi connectivity index (χ0) is 20.5. The summed E-state index contributed by atoms with van der Waals surface area (Å²) >= 11 is 0. The Hall–Kier alpha value is -3.62. The smallest absolute Gasteiger partial charge is 0.329 e. The number of nitrogens with zero attached hydrogens (tertiary/aromatic N) is 2. The van der Waals surface area contributed by atoms with Gasteiger partial charge in [0, 0.05) is 14.1 Å². The van der Waals surface area contributed by atoms with E-state index in [0.29, 0.717) is 17.2 Å². The topological polar surface area (TPSA) is 113 Å². The van der Waals surface area contributed by atoms with Crippen molar-refractivity contribution < 1.29 is 23.5 Å². The summed E-state index contributed by atoms with van der Waals surface area (Å²) in [5.74, 6) is -0.770. The first kappa shape index (κ1) is 20.7. The molecule has 0 aliphatic heterocycles. The molecule has 0 spiro atoms. The number of hydrogen-bond donors (Lipinski definition) is 2. The SMILES string of the molecule is C/C(=N/NC(=O)C(=O)NCc1ccco1)c1ccc(OCC(=O)N(C)C)cc1. The average molecular weight is 386 g/mol. The highest BCUT2D eigenvalue weighted by atomic mass is 16.5. The number of benzene rings is 1. The van der Waals surface area contributed by atoms with Crippen molar-refractivity contribution in [3.8, 4) is 5.75 Å². The van der Waals surface area contributed by atoms with E-state index in [9.17, 15) is 14.4 Å². The van der Waals surface area contributed by atoms with Gasteiger partial charge < -0.3 is 19.4 Å². The van der Waals surface area contributed by atoms with Crippen molar-refractivity contribution in [1.29, 1.82) is 0 Å². The fraction of sp³-hybridized carbons (Fsp3) is 0.263. The third kappa shape index (κ3) is 6.27. The minimum absolute atomic E-state index is 0.0530. The molecule has 0 unspecified atom stereocenters. The van der Waals surface area contributed by atoms with Gasteiger partial charge in [-0.3, -0.25) is 14.4 Å². The third-order valence-electron chi connectivity index (χ3n) is 3.67. The molecular formula is C19H22N4O5. The lowest BCUT2D eigenvalue weighted by atomic mass is 10.1. The number of rotatable bonds is 7. The zero-order valence-electron chi connectivity index (χ0n) is 15.9. The van der Waals surface area contributed by atoms with E-state index in [2.05, 4.69) is 15.8 Å². The molecule has 9 heteroatoms. The lowest BCUT2D eigenvalue weighted by Gasteiger charge is -2.11. The molecule has 0 radical (unpaired) electrons. The van der Waals surface area contributed by atoms with E-state index < -0.39 is 11.8 Å². The second-order valence-electron chi connectivity index (χ2n) is 6.00. The molecule has 0 aliphatic rings. The van der Waals surface area contributed by atoms with E-state index >= 15 is 0 Å². The van der Waals surface area contributed by atoms with E-state index in [1.54, 1.807) is 57.4 Å². The molecule has 28 heavy (non-hydrogen) atoms. The summed E-state index contributed by atoms with van der Waals surface area (Å²) in [6.45, 7) is 1.74. The Bertz CT molecular complexity index is 842. The molecule has 0 bridgehead atoms. The second kappa shape index (κ2) is 9.91. The maximum Gasteiger partial charge on any atom is 0.329 e. The van der Waals surface area contributed by atoms with Gasteiger partial charge in [0.05, 0.1) is 18.5 Å². The van der Waals surface area contributed by atoms with Crippen molar-refractivity contribution in [3.63, 3.8) is 0 Å². The number of ether oxygens (including phenoxy) is 1. The Balaban J connectivity index is 1.83. The number of hydrazone groups is 1.